The summed E-state index contributed by atoms with van der Waals surface area (Å²) in [5, 5.41) is 2.11. The Bertz CT molecular complexity index is 602. The van der Waals surface area contributed by atoms with Gasteiger partial charge in [-0.05, 0) is 17.0 Å². The topological polar surface area (TPSA) is 52.3 Å². The highest BCUT2D eigenvalue weighted by atomic mass is 16.5. The maximum Gasteiger partial charge on any atom is 0.309 e. The van der Waals surface area contributed by atoms with Crippen LogP contribution in [0.1, 0.15) is 12.0 Å². The molecule has 0 saturated heterocycles. The molecule has 0 aliphatic carbocycles. The van der Waals surface area contributed by atoms with E-state index in [9.17, 15) is 4.79 Å². The minimum absolute atomic E-state index is 0.244. The molecule has 0 unspecified atom stereocenters. The number of carbonyl (C=O) groups excluding carboxylic acids is 1. The maximum atomic E-state index is 11.0. The molecule has 0 spiro atoms. The fourth-order valence-corrected chi connectivity index (χ4v) is 1.87. The van der Waals surface area contributed by atoms with E-state index in [0.717, 1.165) is 22.0 Å². The van der Waals surface area contributed by atoms with Crippen LogP contribution in [0.25, 0.3) is 16.8 Å². The normalized spacial score (nSPS) is 10.9. The lowest BCUT2D eigenvalue weighted by atomic mass is 10.0. The van der Waals surface area contributed by atoms with Crippen molar-refractivity contribution in [3.63, 3.8) is 0 Å². The molecule has 0 aromatic heterocycles. The Morgan fingerprint density at radius 3 is 2.72 bits per heavy atom. The lowest BCUT2D eigenvalue weighted by Crippen LogP contribution is -1.96. The van der Waals surface area contributed by atoms with Gasteiger partial charge in [0.2, 0.25) is 0 Å². The van der Waals surface area contributed by atoms with Crippen molar-refractivity contribution in [3.8, 4) is 0 Å². The van der Waals surface area contributed by atoms with Gasteiger partial charge in [-0.3, -0.25) is 4.79 Å². The number of rotatable bonds is 3. The summed E-state index contributed by atoms with van der Waals surface area (Å²) in [6.45, 7) is 0. The van der Waals surface area contributed by atoms with Gasteiger partial charge in [0.1, 0.15) is 0 Å². The Kier molecular flexibility index (Phi) is 3.63. The van der Waals surface area contributed by atoms with Gasteiger partial charge in [-0.25, -0.2) is 0 Å². The largest absolute Gasteiger partial charge is 0.469 e. The molecule has 0 bridgehead atoms. The van der Waals surface area contributed by atoms with Crippen molar-refractivity contribution in [2.75, 3.05) is 12.8 Å². The van der Waals surface area contributed by atoms with E-state index >= 15 is 0 Å². The van der Waals surface area contributed by atoms with Gasteiger partial charge in [0.25, 0.3) is 0 Å². The first-order valence-electron chi connectivity index (χ1n) is 5.73. The molecule has 0 radical (unpaired) electrons. The van der Waals surface area contributed by atoms with Gasteiger partial charge in [-0.15, -0.1) is 0 Å². The molecule has 3 nitrogen and oxygen atoms in total. The summed E-state index contributed by atoms with van der Waals surface area (Å²) in [6, 6.07) is 11.8. The van der Waals surface area contributed by atoms with Gasteiger partial charge in [0.05, 0.1) is 13.5 Å². The Balaban J connectivity index is 2.34. The molecular formula is C15H15NO2. The van der Waals surface area contributed by atoms with Crippen LogP contribution < -0.4 is 5.73 Å². The number of nitrogen functional groups attached to an aromatic ring is 1. The van der Waals surface area contributed by atoms with E-state index in [-0.39, 0.29) is 12.4 Å². The van der Waals surface area contributed by atoms with Gasteiger partial charge in [0, 0.05) is 11.1 Å². The number of anilines is 1. The van der Waals surface area contributed by atoms with Crippen LogP contribution in [0.2, 0.25) is 0 Å². The third-order valence-electron chi connectivity index (χ3n) is 2.80. The maximum absolute atomic E-state index is 11.0. The van der Waals surface area contributed by atoms with Crippen LogP contribution in [-0.2, 0) is 9.53 Å². The summed E-state index contributed by atoms with van der Waals surface area (Å²) < 4.78 is 4.58. The fraction of sp³-hybridized carbons (Fsp3) is 0.133. The monoisotopic (exact) mass is 241 g/mol. The first-order chi connectivity index (χ1) is 8.72. The van der Waals surface area contributed by atoms with E-state index in [1.807, 2.05) is 42.5 Å². The van der Waals surface area contributed by atoms with Crippen LogP contribution in [0.15, 0.2) is 42.5 Å². The number of ether oxygens (including phenoxy) is 1. The Hall–Kier alpha value is -2.29. The average molecular weight is 241 g/mol. The van der Waals surface area contributed by atoms with Crippen LogP contribution in [0.5, 0.6) is 0 Å². The highest BCUT2D eigenvalue weighted by Crippen LogP contribution is 2.24. The van der Waals surface area contributed by atoms with Gasteiger partial charge in [0.15, 0.2) is 0 Å². The average Bonchev–Trinajstić information content (AvgIpc) is 2.39. The summed E-state index contributed by atoms with van der Waals surface area (Å²) >= 11 is 0. The minimum Gasteiger partial charge on any atom is -0.469 e. The zero-order valence-electron chi connectivity index (χ0n) is 10.2. The van der Waals surface area contributed by atoms with Crippen molar-refractivity contribution in [2.24, 2.45) is 0 Å². The molecule has 0 saturated carbocycles. The van der Waals surface area contributed by atoms with Crippen LogP contribution in [0, 0.1) is 0 Å². The standard InChI is InChI=1S/C15H15NO2/c1-18-15(17)10-3-6-11-5-2-8-13-12(11)7-4-9-14(13)16/h2-9H,10,16H2,1H3. The molecular weight excluding hydrogens is 226 g/mol. The molecule has 3 heteroatoms. The molecule has 0 amide bonds. The molecule has 0 aliphatic rings. The van der Waals surface area contributed by atoms with Gasteiger partial charge < -0.3 is 10.5 Å². The molecule has 0 aliphatic heterocycles. The van der Waals surface area contributed by atoms with E-state index in [0.29, 0.717) is 0 Å². The summed E-state index contributed by atoms with van der Waals surface area (Å²) in [4.78, 5) is 11.0. The van der Waals surface area contributed by atoms with Crippen LogP contribution in [0.3, 0.4) is 0 Å². The number of carbonyl (C=O) groups is 1. The number of hydrogen-bond donors (Lipinski definition) is 1. The first kappa shape index (κ1) is 12.2. The lowest BCUT2D eigenvalue weighted by Gasteiger charge is -2.04. The summed E-state index contributed by atoms with van der Waals surface area (Å²) in [7, 11) is 1.38. The molecule has 0 fully saturated rings. The molecule has 2 rings (SSSR count). The summed E-state index contributed by atoms with van der Waals surface area (Å²) in [6.07, 6.45) is 3.98. The molecule has 2 aromatic carbocycles. The quantitative estimate of drug-likeness (QED) is 0.664. The fourth-order valence-electron chi connectivity index (χ4n) is 1.87. The van der Waals surface area contributed by atoms with Crippen LogP contribution in [0.4, 0.5) is 5.69 Å². The van der Waals surface area contributed by atoms with Gasteiger partial charge in [-0.2, -0.15) is 0 Å². The number of fused-ring (bicyclic) bond motifs is 1. The number of esters is 1. The second-order valence-corrected chi connectivity index (χ2v) is 3.97. The van der Waals surface area contributed by atoms with E-state index in [4.69, 9.17) is 5.73 Å². The number of benzene rings is 2. The molecule has 0 atom stereocenters. The van der Waals surface area contributed by atoms with Crippen molar-refractivity contribution >= 4 is 28.5 Å². The highest BCUT2D eigenvalue weighted by molar-refractivity contribution is 5.98. The van der Waals surface area contributed by atoms with Crippen molar-refractivity contribution in [1.82, 2.24) is 0 Å². The zero-order chi connectivity index (χ0) is 13.0. The molecule has 2 aromatic rings. The van der Waals surface area contributed by atoms with Crippen molar-refractivity contribution in [2.45, 2.75) is 6.42 Å². The SMILES string of the molecule is COC(=O)CC=Cc1cccc2c(N)cccc12. The van der Waals surface area contributed by atoms with Crippen LogP contribution >= 0.6 is 0 Å². The molecule has 2 N–H and O–H groups in total. The molecule has 92 valence electrons. The lowest BCUT2D eigenvalue weighted by molar-refractivity contribution is -0.139. The van der Waals surface area contributed by atoms with E-state index in [1.54, 1.807) is 6.08 Å². The Morgan fingerprint density at radius 1 is 1.22 bits per heavy atom. The zero-order valence-corrected chi connectivity index (χ0v) is 10.2. The number of hydrogen-bond acceptors (Lipinski definition) is 3. The third-order valence-corrected chi connectivity index (χ3v) is 2.80. The predicted octanol–water partition coefficient (Wildman–Crippen LogP) is 3.00. The summed E-state index contributed by atoms with van der Waals surface area (Å²) in [5.41, 5.74) is 7.73. The van der Waals surface area contributed by atoms with Gasteiger partial charge in [-0.1, -0.05) is 42.5 Å². The second kappa shape index (κ2) is 5.36. The smallest absolute Gasteiger partial charge is 0.309 e. The van der Waals surface area contributed by atoms with Crippen molar-refractivity contribution < 1.29 is 9.53 Å². The third kappa shape index (κ3) is 2.51. The molecule has 0 heterocycles. The predicted molar refractivity (Wildman–Crippen MR) is 74.0 cm³/mol. The second-order valence-electron chi connectivity index (χ2n) is 3.97. The van der Waals surface area contributed by atoms with Crippen LogP contribution in [-0.4, -0.2) is 13.1 Å². The summed E-state index contributed by atoms with van der Waals surface area (Å²) in [5.74, 6) is -0.244. The number of nitrogens with two attached hydrogens (primary N) is 1. The van der Waals surface area contributed by atoms with Crippen molar-refractivity contribution in [3.05, 3.63) is 48.0 Å². The van der Waals surface area contributed by atoms with Crippen molar-refractivity contribution in [1.29, 1.82) is 0 Å². The van der Waals surface area contributed by atoms with E-state index in [2.05, 4.69) is 4.74 Å². The van der Waals surface area contributed by atoms with E-state index < -0.39 is 0 Å². The number of methoxy groups -OCH3 is 1. The molecule has 18 heavy (non-hydrogen) atoms. The van der Waals surface area contributed by atoms with E-state index in [1.165, 1.54) is 7.11 Å². The highest BCUT2D eigenvalue weighted by Gasteiger charge is 2.00. The Morgan fingerprint density at radius 2 is 1.94 bits per heavy atom. The van der Waals surface area contributed by atoms with Gasteiger partial charge >= 0.3 is 5.97 Å². The Labute approximate surface area is 106 Å². The minimum atomic E-state index is -0.244. The first-order valence-corrected chi connectivity index (χ1v) is 5.73.